The Hall–Kier alpha value is -1.22. The molecule has 0 bridgehead atoms. The molecule has 2 rings (SSSR count). The molecule has 0 radical (unpaired) electrons. The van der Waals surface area contributed by atoms with Crippen LogP contribution in [0.1, 0.15) is 11.1 Å². The standard InChI is InChI=1S/C15H12Cl3NO/c1-9-6-11(16)4-5-14(9)19-15(20)7-10-2-3-12(17)8-13(10)18/h2-6,8H,7H2,1H3,(H,19,20). The first kappa shape index (κ1) is 15.2. The second kappa shape index (κ2) is 6.49. The van der Waals surface area contributed by atoms with Gasteiger partial charge in [0.25, 0.3) is 0 Å². The molecule has 0 saturated carbocycles. The van der Waals surface area contributed by atoms with Crippen LogP contribution in [-0.2, 0) is 11.2 Å². The minimum Gasteiger partial charge on any atom is -0.326 e. The van der Waals surface area contributed by atoms with E-state index >= 15 is 0 Å². The molecule has 0 aliphatic carbocycles. The highest BCUT2D eigenvalue weighted by Gasteiger charge is 2.09. The van der Waals surface area contributed by atoms with Crippen LogP contribution >= 0.6 is 34.8 Å². The van der Waals surface area contributed by atoms with Crippen LogP contribution < -0.4 is 5.32 Å². The first-order valence-corrected chi connectivity index (χ1v) is 7.09. The lowest BCUT2D eigenvalue weighted by Gasteiger charge is -2.09. The quantitative estimate of drug-likeness (QED) is 0.830. The SMILES string of the molecule is Cc1cc(Cl)ccc1NC(=O)Cc1ccc(Cl)cc1Cl. The van der Waals surface area contributed by atoms with Gasteiger partial charge in [0.15, 0.2) is 0 Å². The molecule has 1 N–H and O–H groups in total. The third-order valence-electron chi connectivity index (χ3n) is 2.83. The molecule has 2 aromatic rings. The molecule has 0 spiro atoms. The molecule has 104 valence electrons. The molecule has 0 aromatic heterocycles. The Morgan fingerprint density at radius 2 is 1.70 bits per heavy atom. The van der Waals surface area contributed by atoms with E-state index in [0.29, 0.717) is 15.1 Å². The van der Waals surface area contributed by atoms with Gasteiger partial charge in [-0.3, -0.25) is 4.79 Å². The molecule has 5 heteroatoms. The van der Waals surface area contributed by atoms with Crippen molar-refractivity contribution in [2.45, 2.75) is 13.3 Å². The zero-order valence-electron chi connectivity index (χ0n) is 10.7. The van der Waals surface area contributed by atoms with Gasteiger partial charge in [-0.05, 0) is 48.4 Å². The number of anilines is 1. The maximum Gasteiger partial charge on any atom is 0.228 e. The van der Waals surface area contributed by atoms with E-state index in [2.05, 4.69) is 5.32 Å². The Balaban J connectivity index is 2.09. The van der Waals surface area contributed by atoms with Crippen molar-refractivity contribution in [1.29, 1.82) is 0 Å². The van der Waals surface area contributed by atoms with Crippen LogP contribution in [0, 0.1) is 6.92 Å². The summed E-state index contributed by atoms with van der Waals surface area (Å²) in [7, 11) is 0. The van der Waals surface area contributed by atoms with Crippen molar-refractivity contribution >= 4 is 46.4 Å². The molecule has 2 aromatic carbocycles. The maximum atomic E-state index is 12.0. The smallest absolute Gasteiger partial charge is 0.228 e. The summed E-state index contributed by atoms with van der Waals surface area (Å²) in [6.07, 6.45) is 0.193. The van der Waals surface area contributed by atoms with E-state index in [1.54, 1.807) is 36.4 Å². The van der Waals surface area contributed by atoms with Gasteiger partial charge in [-0.2, -0.15) is 0 Å². The lowest BCUT2D eigenvalue weighted by molar-refractivity contribution is -0.115. The number of benzene rings is 2. The van der Waals surface area contributed by atoms with Crippen molar-refractivity contribution in [1.82, 2.24) is 0 Å². The monoisotopic (exact) mass is 327 g/mol. The van der Waals surface area contributed by atoms with Gasteiger partial charge < -0.3 is 5.32 Å². The minimum absolute atomic E-state index is 0.139. The van der Waals surface area contributed by atoms with Crippen LogP contribution in [0.15, 0.2) is 36.4 Å². The van der Waals surface area contributed by atoms with E-state index in [4.69, 9.17) is 34.8 Å². The minimum atomic E-state index is -0.139. The Labute approximate surface area is 132 Å². The average molecular weight is 329 g/mol. The van der Waals surface area contributed by atoms with Crippen molar-refractivity contribution < 1.29 is 4.79 Å². The number of hydrogen-bond donors (Lipinski definition) is 1. The second-order valence-corrected chi connectivity index (χ2v) is 5.70. The molecule has 0 saturated heterocycles. The molecule has 0 atom stereocenters. The summed E-state index contributed by atoms with van der Waals surface area (Å²) in [6, 6.07) is 10.4. The predicted octanol–water partition coefficient (Wildman–Crippen LogP) is 5.14. The highest BCUT2D eigenvalue weighted by Crippen LogP contribution is 2.23. The average Bonchev–Trinajstić information content (AvgIpc) is 2.36. The van der Waals surface area contributed by atoms with Crippen LogP contribution in [0.2, 0.25) is 15.1 Å². The number of carbonyl (C=O) groups excluding carboxylic acids is 1. The Morgan fingerprint density at radius 1 is 1.05 bits per heavy atom. The van der Waals surface area contributed by atoms with Gasteiger partial charge >= 0.3 is 0 Å². The van der Waals surface area contributed by atoms with Crippen LogP contribution in [0.3, 0.4) is 0 Å². The van der Waals surface area contributed by atoms with E-state index in [-0.39, 0.29) is 12.3 Å². The number of nitrogens with one attached hydrogen (secondary N) is 1. The van der Waals surface area contributed by atoms with E-state index < -0.39 is 0 Å². The largest absolute Gasteiger partial charge is 0.326 e. The van der Waals surface area contributed by atoms with Gasteiger partial charge in [0.1, 0.15) is 0 Å². The summed E-state index contributed by atoms with van der Waals surface area (Å²) in [4.78, 5) is 12.0. The molecule has 0 unspecified atom stereocenters. The number of hydrogen-bond acceptors (Lipinski definition) is 1. The molecular formula is C15H12Cl3NO. The first-order chi connectivity index (χ1) is 9.45. The van der Waals surface area contributed by atoms with Gasteiger partial charge in [0.2, 0.25) is 5.91 Å². The lowest BCUT2D eigenvalue weighted by Crippen LogP contribution is -2.15. The molecule has 0 aliphatic heterocycles. The lowest BCUT2D eigenvalue weighted by atomic mass is 10.1. The van der Waals surface area contributed by atoms with Gasteiger partial charge in [-0.1, -0.05) is 40.9 Å². The summed E-state index contributed by atoms with van der Waals surface area (Å²) >= 11 is 17.7. The van der Waals surface area contributed by atoms with E-state index in [0.717, 1.165) is 16.8 Å². The molecule has 1 amide bonds. The van der Waals surface area contributed by atoms with Crippen LogP contribution in [0.4, 0.5) is 5.69 Å². The molecule has 20 heavy (non-hydrogen) atoms. The number of amides is 1. The van der Waals surface area contributed by atoms with Crippen LogP contribution in [-0.4, -0.2) is 5.91 Å². The third-order valence-corrected chi connectivity index (χ3v) is 3.65. The van der Waals surface area contributed by atoms with Gasteiger partial charge in [0.05, 0.1) is 6.42 Å². The van der Waals surface area contributed by atoms with Crippen molar-refractivity contribution in [2.75, 3.05) is 5.32 Å². The van der Waals surface area contributed by atoms with Crippen LogP contribution in [0.25, 0.3) is 0 Å². The van der Waals surface area contributed by atoms with E-state index in [9.17, 15) is 4.79 Å². The van der Waals surface area contributed by atoms with E-state index in [1.165, 1.54) is 0 Å². The Bertz CT molecular complexity index is 600. The number of halogens is 3. The fraction of sp³-hybridized carbons (Fsp3) is 0.133. The fourth-order valence-electron chi connectivity index (χ4n) is 1.80. The van der Waals surface area contributed by atoms with Gasteiger partial charge in [-0.25, -0.2) is 0 Å². The normalized spacial score (nSPS) is 10.4. The number of carbonyl (C=O) groups is 1. The number of rotatable bonds is 3. The van der Waals surface area contributed by atoms with Gasteiger partial charge in [-0.15, -0.1) is 0 Å². The molecular weight excluding hydrogens is 317 g/mol. The van der Waals surface area contributed by atoms with Crippen molar-refractivity contribution in [2.24, 2.45) is 0 Å². The molecule has 0 heterocycles. The van der Waals surface area contributed by atoms with Crippen molar-refractivity contribution in [3.05, 3.63) is 62.6 Å². The molecule has 0 aliphatic rings. The first-order valence-electron chi connectivity index (χ1n) is 5.95. The zero-order chi connectivity index (χ0) is 14.7. The molecule has 0 fully saturated rings. The van der Waals surface area contributed by atoms with Crippen molar-refractivity contribution in [3.63, 3.8) is 0 Å². The van der Waals surface area contributed by atoms with Crippen LogP contribution in [0.5, 0.6) is 0 Å². The highest BCUT2D eigenvalue weighted by atomic mass is 35.5. The summed E-state index contributed by atoms with van der Waals surface area (Å²) in [5.74, 6) is -0.139. The summed E-state index contributed by atoms with van der Waals surface area (Å²) in [5, 5.41) is 4.51. The number of aryl methyl sites for hydroxylation is 1. The van der Waals surface area contributed by atoms with Crippen molar-refractivity contribution in [3.8, 4) is 0 Å². The maximum absolute atomic E-state index is 12.0. The van der Waals surface area contributed by atoms with E-state index in [1.807, 2.05) is 6.92 Å². The Kier molecular flexibility index (Phi) is 4.92. The molecule has 2 nitrogen and oxygen atoms in total. The summed E-state index contributed by atoms with van der Waals surface area (Å²) in [5.41, 5.74) is 2.39. The Morgan fingerprint density at radius 3 is 2.35 bits per heavy atom. The highest BCUT2D eigenvalue weighted by molar-refractivity contribution is 6.35. The topological polar surface area (TPSA) is 29.1 Å². The summed E-state index contributed by atoms with van der Waals surface area (Å²) < 4.78 is 0. The van der Waals surface area contributed by atoms with Gasteiger partial charge in [0, 0.05) is 20.8 Å². The predicted molar refractivity (Wildman–Crippen MR) is 85.0 cm³/mol. The second-order valence-electron chi connectivity index (χ2n) is 4.42. The summed E-state index contributed by atoms with van der Waals surface area (Å²) in [6.45, 7) is 1.89. The fourth-order valence-corrected chi connectivity index (χ4v) is 2.50. The zero-order valence-corrected chi connectivity index (χ0v) is 13.0. The third kappa shape index (κ3) is 3.89.